The molecule has 7 nitrogen and oxygen atoms in total. The average molecular weight is 332 g/mol. The van der Waals surface area contributed by atoms with Crippen LogP contribution in [0.3, 0.4) is 0 Å². The molecule has 0 spiro atoms. The van der Waals surface area contributed by atoms with Crippen LogP contribution in [0.25, 0.3) is 22.3 Å². The first-order valence-electron chi connectivity index (χ1n) is 7.83. The number of hydrogen-bond donors (Lipinski definition) is 2. The molecule has 0 radical (unpaired) electrons. The second-order valence-corrected chi connectivity index (χ2v) is 5.79. The quantitative estimate of drug-likeness (QED) is 0.604. The Bertz CT molecular complexity index is 1080. The Kier molecular flexibility index (Phi) is 3.53. The fraction of sp³-hybridized carbons (Fsp3) is 0.111. The first kappa shape index (κ1) is 15.1. The summed E-state index contributed by atoms with van der Waals surface area (Å²) in [6.07, 6.45) is 3.26. The van der Waals surface area contributed by atoms with E-state index in [4.69, 9.17) is 0 Å². The molecule has 0 atom stereocenters. The molecule has 4 aromatic rings. The third-order valence-corrected chi connectivity index (χ3v) is 4.08. The molecule has 7 heteroatoms. The van der Waals surface area contributed by atoms with Gasteiger partial charge in [0.1, 0.15) is 11.3 Å². The third-order valence-electron chi connectivity index (χ3n) is 4.08. The number of rotatable bonds is 3. The molecule has 1 amide bonds. The number of anilines is 1. The summed E-state index contributed by atoms with van der Waals surface area (Å²) in [6, 6.07) is 11.8. The summed E-state index contributed by atoms with van der Waals surface area (Å²) in [7, 11) is 1.71. The monoisotopic (exact) mass is 332 g/mol. The van der Waals surface area contributed by atoms with Gasteiger partial charge in [0.25, 0.3) is 5.91 Å². The number of aryl methyl sites for hydroxylation is 2. The topological polar surface area (TPSA) is 88.5 Å². The van der Waals surface area contributed by atoms with Crippen LogP contribution in [0.5, 0.6) is 0 Å². The molecule has 0 aliphatic heterocycles. The highest BCUT2D eigenvalue weighted by atomic mass is 16.2. The van der Waals surface area contributed by atoms with Crippen LogP contribution in [0.15, 0.2) is 48.8 Å². The number of carbonyl (C=O) groups is 1. The number of hydrogen-bond acceptors (Lipinski definition) is 4. The van der Waals surface area contributed by atoms with Crippen LogP contribution < -0.4 is 5.32 Å². The summed E-state index contributed by atoms with van der Waals surface area (Å²) in [5, 5.41) is 7.56. The van der Waals surface area contributed by atoms with E-state index in [1.807, 2.05) is 18.2 Å². The number of nitrogens with one attached hydrogen (secondary N) is 2. The molecule has 0 saturated heterocycles. The Hall–Kier alpha value is -3.48. The van der Waals surface area contributed by atoms with Crippen LogP contribution in [0, 0.1) is 6.92 Å². The molecule has 4 rings (SSSR count). The van der Waals surface area contributed by atoms with Gasteiger partial charge in [-0.2, -0.15) is 10.1 Å². The number of H-pyrrole nitrogens is 1. The summed E-state index contributed by atoms with van der Waals surface area (Å²) < 4.78 is 1.50. The van der Waals surface area contributed by atoms with Gasteiger partial charge in [0.2, 0.25) is 5.95 Å². The van der Waals surface area contributed by atoms with Crippen molar-refractivity contribution in [3.63, 3.8) is 0 Å². The molecule has 25 heavy (non-hydrogen) atoms. The molecule has 0 bridgehead atoms. The number of aromatic amines is 1. The van der Waals surface area contributed by atoms with E-state index in [-0.39, 0.29) is 11.9 Å². The maximum Gasteiger partial charge on any atom is 0.276 e. The molecular weight excluding hydrogens is 316 g/mol. The molecule has 3 heterocycles. The van der Waals surface area contributed by atoms with Crippen LogP contribution in [0.2, 0.25) is 0 Å². The van der Waals surface area contributed by atoms with E-state index in [0.717, 1.165) is 16.6 Å². The van der Waals surface area contributed by atoms with E-state index in [1.54, 1.807) is 25.5 Å². The molecular formula is C18H16N6O. The van der Waals surface area contributed by atoms with Crippen molar-refractivity contribution < 1.29 is 4.79 Å². The maximum atomic E-state index is 12.2. The van der Waals surface area contributed by atoms with Crippen LogP contribution in [-0.2, 0) is 7.05 Å². The van der Waals surface area contributed by atoms with Crippen molar-refractivity contribution in [1.82, 2.24) is 24.7 Å². The number of fused-ring (bicyclic) bond motifs is 1. The first-order valence-corrected chi connectivity index (χ1v) is 7.83. The number of aromatic nitrogens is 5. The van der Waals surface area contributed by atoms with Gasteiger partial charge in [0.15, 0.2) is 0 Å². The lowest BCUT2D eigenvalue weighted by molar-refractivity contribution is 0.101. The second kappa shape index (κ2) is 5.86. The largest absolute Gasteiger partial charge is 0.339 e. The van der Waals surface area contributed by atoms with E-state index in [9.17, 15) is 4.79 Å². The van der Waals surface area contributed by atoms with E-state index < -0.39 is 0 Å². The van der Waals surface area contributed by atoms with Crippen LogP contribution in [0.4, 0.5) is 5.95 Å². The van der Waals surface area contributed by atoms with E-state index >= 15 is 0 Å². The third kappa shape index (κ3) is 2.76. The molecule has 3 aromatic heterocycles. The lowest BCUT2D eigenvalue weighted by atomic mass is 10.1. The van der Waals surface area contributed by atoms with E-state index in [2.05, 4.69) is 44.4 Å². The lowest BCUT2D eigenvalue weighted by Gasteiger charge is -2.03. The minimum Gasteiger partial charge on any atom is -0.339 e. The maximum absolute atomic E-state index is 12.2. The fourth-order valence-electron chi connectivity index (χ4n) is 2.76. The molecule has 0 unspecified atom stereocenters. The molecule has 0 aliphatic carbocycles. The zero-order chi connectivity index (χ0) is 17.4. The Morgan fingerprint density at radius 3 is 2.84 bits per heavy atom. The predicted octanol–water partition coefficient (Wildman–Crippen LogP) is 2.92. The standard InChI is InChI=1S/C18H16N6O/c1-11-5-3-4-6-13(11)14-9-12-10-19-18(22-16(12)21-14)23-17(25)15-7-8-20-24(15)2/h3-10H,1-2H3,(H2,19,21,22,23,25). The van der Waals surface area contributed by atoms with Gasteiger partial charge in [-0.25, -0.2) is 4.98 Å². The summed E-state index contributed by atoms with van der Waals surface area (Å²) in [5.74, 6) is -0.0538. The zero-order valence-corrected chi connectivity index (χ0v) is 13.8. The smallest absolute Gasteiger partial charge is 0.276 e. The van der Waals surface area contributed by atoms with Gasteiger partial charge < -0.3 is 4.98 Å². The second-order valence-electron chi connectivity index (χ2n) is 5.79. The van der Waals surface area contributed by atoms with Crippen LogP contribution in [0.1, 0.15) is 16.1 Å². The highest BCUT2D eigenvalue weighted by Gasteiger charge is 2.13. The number of amides is 1. The average Bonchev–Trinajstić information content (AvgIpc) is 3.20. The van der Waals surface area contributed by atoms with Gasteiger partial charge in [-0.3, -0.25) is 14.8 Å². The van der Waals surface area contributed by atoms with E-state index in [1.165, 1.54) is 10.2 Å². The van der Waals surface area contributed by atoms with Crippen molar-refractivity contribution in [3.8, 4) is 11.3 Å². The van der Waals surface area contributed by atoms with Crippen molar-refractivity contribution in [2.75, 3.05) is 5.32 Å². The Morgan fingerprint density at radius 1 is 1.24 bits per heavy atom. The highest BCUT2D eigenvalue weighted by molar-refractivity contribution is 6.02. The number of nitrogens with zero attached hydrogens (tertiary/aromatic N) is 4. The van der Waals surface area contributed by atoms with Crippen LogP contribution >= 0.6 is 0 Å². The molecule has 1 aromatic carbocycles. The number of carbonyl (C=O) groups excluding carboxylic acids is 1. The Balaban J connectivity index is 1.66. The predicted molar refractivity (Wildman–Crippen MR) is 95.2 cm³/mol. The van der Waals surface area contributed by atoms with E-state index in [0.29, 0.717) is 11.3 Å². The van der Waals surface area contributed by atoms with Crippen LogP contribution in [-0.4, -0.2) is 30.6 Å². The van der Waals surface area contributed by atoms with Gasteiger partial charge in [0.05, 0.1) is 0 Å². The fourth-order valence-corrected chi connectivity index (χ4v) is 2.76. The first-order chi connectivity index (χ1) is 12.1. The van der Waals surface area contributed by atoms with Crippen molar-refractivity contribution in [1.29, 1.82) is 0 Å². The van der Waals surface area contributed by atoms with Crippen molar-refractivity contribution in [3.05, 3.63) is 60.0 Å². The minimum atomic E-state index is -0.301. The lowest BCUT2D eigenvalue weighted by Crippen LogP contribution is -2.17. The summed E-state index contributed by atoms with van der Waals surface area (Å²) >= 11 is 0. The zero-order valence-electron chi connectivity index (χ0n) is 13.8. The normalized spacial score (nSPS) is 11.0. The minimum absolute atomic E-state index is 0.247. The van der Waals surface area contributed by atoms with Crippen molar-refractivity contribution in [2.24, 2.45) is 7.05 Å². The van der Waals surface area contributed by atoms with Gasteiger partial charge in [-0.1, -0.05) is 24.3 Å². The van der Waals surface area contributed by atoms with Gasteiger partial charge in [-0.15, -0.1) is 0 Å². The summed E-state index contributed by atoms with van der Waals surface area (Å²) in [4.78, 5) is 24.2. The highest BCUT2D eigenvalue weighted by Crippen LogP contribution is 2.25. The van der Waals surface area contributed by atoms with Gasteiger partial charge >= 0.3 is 0 Å². The number of benzene rings is 1. The molecule has 0 saturated carbocycles. The summed E-state index contributed by atoms with van der Waals surface area (Å²) in [5.41, 5.74) is 4.37. The van der Waals surface area contributed by atoms with Crippen molar-refractivity contribution in [2.45, 2.75) is 6.92 Å². The van der Waals surface area contributed by atoms with Gasteiger partial charge in [-0.05, 0) is 24.6 Å². The molecule has 0 fully saturated rings. The molecule has 0 aliphatic rings. The molecule has 2 N–H and O–H groups in total. The molecule has 124 valence electrons. The Labute approximate surface area is 143 Å². The summed E-state index contributed by atoms with van der Waals surface area (Å²) in [6.45, 7) is 2.06. The van der Waals surface area contributed by atoms with Gasteiger partial charge in [0, 0.05) is 36.1 Å². The van der Waals surface area contributed by atoms with Crippen molar-refractivity contribution >= 4 is 22.9 Å². The SMILES string of the molecule is Cc1ccccc1-c1cc2cnc(NC(=O)c3ccnn3C)nc2[nH]1. The Morgan fingerprint density at radius 2 is 2.08 bits per heavy atom.